The van der Waals surface area contributed by atoms with Crippen molar-refractivity contribution in [2.45, 2.75) is 6.54 Å². The Morgan fingerprint density at radius 3 is 2.61 bits per heavy atom. The van der Waals surface area contributed by atoms with E-state index in [2.05, 4.69) is 0 Å². The first-order valence-corrected chi connectivity index (χ1v) is 9.54. The zero-order chi connectivity index (χ0) is 19.7. The molecule has 0 unspecified atom stereocenters. The van der Waals surface area contributed by atoms with Crippen LogP contribution < -0.4 is 0 Å². The molecule has 2 aromatic carbocycles. The third-order valence-corrected chi connectivity index (χ3v) is 5.28. The summed E-state index contributed by atoms with van der Waals surface area (Å²) in [5, 5.41) is 0.222. The van der Waals surface area contributed by atoms with Gasteiger partial charge in [0.2, 0.25) is 0 Å². The highest BCUT2D eigenvalue weighted by Gasteiger charge is 2.35. The van der Waals surface area contributed by atoms with Crippen LogP contribution >= 0.6 is 23.4 Å². The molecule has 2 heterocycles. The Balaban J connectivity index is 1.53. The summed E-state index contributed by atoms with van der Waals surface area (Å²) in [6.45, 7) is 0.0915. The van der Waals surface area contributed by atoms with E-state index in [9.17, 15) is 14.0 Å². The van der Waals surface area contributed by atoms with Gasteiger partial charge < -0.3 is 4.42 Å². The molecule has 1 aliphatic rings. The van der Waals surface area contributed by atoms with E-state index >= 15 is 0 Å². The van der Waals surface area contributed by atoms with Crippen LogP contribution in [0.15, 0.2) is 70.0 Å². The maximum Gasteiger partial charge on any atom is 0.293 e. The van der Waals surface area contributed by atoms with Gasteiger partial charge in [0.25, 0.3) is 11.1 Å². The van der Waals surface area contributed by atoms with Crippen LogP contribution in [0.3, 0.4) is 0 Å². The number of amides is 2. The van der Waals surface area contributed by atoms with Crippen LogP contribution in [-0.4, -0.2) is 16.0 Å². The van der Waals surface area contributed by atoms with Gasteiger partial charge in [-0.1, -0.05) is 35.9 Å². The zero-order valence-electron chi connectivity index (χ0n) is 14.4. The standard InChI is InChI=1S/C21H13ClFNO3S/c22-15-3-1-2-14(10-15)18-9-8-17(27-18)11-19-20(25)24(21(26)28-19)12-13-4-6-16(23)7-5-13/h1-11H,12H2/b19-11-. The Morgan fingerprint density at radius 2 is 1.86 bits per heavy atom. The van der Waals surface area contributed by atoms with E-state index < -0.39 is 5.91 Å². The van der Waals surface area contributed by atoms with E-state index in [1.54, 1.807) is 42.5 Å². The highest BCUT2D eigenvalue weighted by Crippen LogP contribution is 2.34. The van der Waals surface area contributed by atoms with Crippen LogP contribution in [-0.2, 0) is 11.3 Å². The van der Waals surface area contributed by atoms with Crippen LogP contribution in [0.1, 0.15) is 11.3 Å². The number of nitrogens with zero attached hydrogens (tertiary/aromatic N) is 1. The molecule has 3 aromatic rings. The van der Waals surface area contributed by atoms with E-state index in [0.29, 0.717) is 22.1 Å². The van der Waals surface area contributed by atoms with Gasteiger partial charge in [0.15, 0.2) is 0 Å². The number of carbonyl (C=O) groups excluding carboxylic acids is 2. The Bertz CT molecular complexity index is 1090. The summed E-state index contributed by atoms with van der Waals surface area (Å²) in [5.74, 6) is 0.299. The third-order valence-electron chi connectivity index (χ3n) is 4.14. The number of rotatable bonds is 4. The van der Waals surface area contributed by atoms with E-state index in [4.69, 9.17) is 16.0 Å². The van der Waals surface area contributed by atoms with Crippen LogP contribution in [0.4, 0.5) is 9.18 Å². The minimum Gasteiger partial charge on any atom is -0.457 e. The Hall–Kier alpha value is -2.83. The molecule has 140 valence electrons. The number of imide groups is 1. The van der Waals surface area contributed by atoms with E-state index in [1.807, 2.05) is 12.1 Å². The Labute approximate surface area is 169 Å². The zero-order valence-corrected chi connectivity index (χ0v) is 16.0. The summed E-state index contributed by atoms with van der Waals surface area (Å²) in [4.78, 5) is 26.2. The quantitative estimate of drug-likeness (QED) is 0.494. The van der Waals surface area contributed by atoms with Gasteiger partial charge in [0.05, 0.1) is 11.4 Å². The summed E-state index contributed by atoms with van der Waals surface area (Å²) >= 11 is 6.85. The molecule has 7 heteroatoms. The second kappa shape index (κ2) is 7.66. The molecule has 28 heavy (non-hydrogen) atoms. The average Bonchev–Trinajstić information content (AvgIpc) is 3.24. The monoisotopic (exact) mass is 413 g/mol. The normalized spacial score (nSPS) is 15.6. The first-order chi connectivity index (χ1) is 13.5. The smallest absolute Gasteiger partial charge is 0.293 e. The molecular formula is C21H13ClFNO3S. The highest BCUT2D eigenvalue weighted by molar-refractivity contribution is 8.18. The molecule has 1 aromatic heterocycles. The number of benzene rings is 2. The van der Waals surface area contributed by atoms with E-state index in [-0.39, 0.29) is 22.5 Å². The largest absolute Gasteiger partial charge is 0.457 e. The molecule has 1 saturated heterocycles. The van der Waals surface area contributed by atoms with Crippen molar-refractivity contribution >= 4 is 40.6 Å². The molecule has 1 aliphatic heterocycles. The van der Waals surface area contributed by atoms with Gasteiger partial charge >= 0.3 is 0 Å². The molecule has 0 atom stereocenters. The van der Waals surface area contributed by atoms with Gasteiger partial charge in [-0.3, -0.25) is 14.5 Å². The second-order valence-electron chi connectivity index (χ2n) is 6.11. The lowest BCUT2D eigenvalue weighted by Gasteiger charge is -2.12. The molecule has 0 aliphatic carbocycles. The second-order valence-corrected chi connectivity index (χ2v) is 7.54. The Morgan fingerprint density at radius 1 is 1.07 bits per heavy atom. The number of hydrogen-bond acceptors (Lipinski definition) is 4. The maximum atomic E-state index is 13.0. The Kier molecular flexibility index (Phi) is 5.07. The van der Waals surface area contributed by atoms with Crippen molar-refractivity contribution in [3.8, 4) is 11.3 Å². The minimum atomic E-state index is -0.403. The fourth-order valence-electron chi connectivity index (χ4n) is 2.77. The molecule has 2 amide bonds. The van der Waals surface area contributed by atoms with Crippen LogP contribution in [0.2, 0.25) is 5.02 Å². The molecule has 4 rings (SSSR count). The molecular weight excluding hydrogens is 401 g/mol. The number of halogens is 2. The predicted octanol–water partition coefficient (Wildman–Crippen LogP) is 5.98. The summed E-state index contributed by atoms with van der Waals surface area (Å²) in [6.07, 6.45) is 1.55. The summed E-state index contributed by atoms with van der Waals surface area (Å²) in [7, 11) is 0. The first kappa shape index (κ1) is 18.5. The fourth-order valence-corrected chi connectivity index (χ4v) is 3.77. The molecule has 0 saturated carbocycles. The molecule has 4 nitrogen and oxygen atoms in total. The maximum absolute atomic E-state index is 13.0. The molecule has 0 spiro atoms. The van der Waals surface area contributed by atoms with Gasteiger partial charge in [0, 0.05) is 16.7 Å². The molecule has 1 fully saturated rings. The molecule has 0 N–H and O–H groups in total. The first-order valence-electron chi connectivity index (χ1n) is 8.35. The lowest BCUT2D eigenvalue weighted by molar-refractivity contribution is -0.123. The van der Waals surface area contributed by atoms with Crippen molar-refractivity contribution in [3.05, 3.63) is 87.7 Å². The number of furan rings is 1. The van der Waals surface area contributed by atoms with E-state index in [1.165, 1.54) is 12.1 Å². The number of thioether (sulfide) groups is 1. The van der Waals surface area contributed by atoms with Crippen molar-refractivity contribution in [2.75, 3.05) is 0 Å². The number of carbonyl (C=O) groups is 2. The van der Waals surface area contributed by atoms with Gasteiger partial charge in [-0.25, -0.2) is 4.39 Å². The van der Waals surface area contributed by atoms with Crippen LogP contribution in [0.5, 0.6) is 0 Å². The van der Waals surface area contributed by atoms with Gasteiger partial charge in [-0.15, -0.1) is 0 Å². The fraction of sp³-hybridized carbons (Fsp3) is 0.0476. The van der Waals surface area contributed by atoms with Crippen molar-refractivity contribution < 1.29 is 18.4 Å². The topological polar surface area (TPSA) is 50.5 Å². The van der Waals surface area contributed by atoms with Gasteiger partial charge in [-0.05, 0) is 53.7 Å². The SMILES string of the molecule is O=C1S/C(=C\c2ccc(-c3cccc(Cl)c3)o2)C(=O)N1Cc1ccc(F)cc1. The molecule has 0 radical (unpaired) electrons. The van der Waals surface area contributed by atoms with E-state index in [0.717, 1.165) is 22.2 Å². The average molecular weight is 414 g/mol. The van der Waals surface area contributed by atoms with Crippen molar-refractivity contribution in [1.82, 2.24) is 4.90 Å². The minimum absolute atomic E-state index is 0.0915. The van der Waals surface area contributed by atoms with Crippen LogP contribution in [0, 0.1) is 5.82 Å². The van der Waals surface area contributed by atoms with Crippen molar-refractivity contribution in [1.29, 1.82) is 0 Å². The summed E-state index contributed by atoms with van der Waals surface area (Å²) < 4.78 is 18.8. The molecule has 0 bridgehead atoms. The number of hydrogen-bond donors (Lipinski definition) is 0. The summed E-state index contributed by atoms with van der Waals surface area (Å²) in [6, 6.07) is 16.4. The van der Waals surface area contributed by atoms with Crippen molar-refractivity contribution in [3.63, 3.8) is 0 Å². The lowest BCUT2D eigenvalue weighted by atomic mass is 10.2. The third kappa shape index (κ3) is 3.88. The predicted molar refractivity (Wildman–Crippen MR) is 107 cm³/mol. The van der Waals surface area contributed by atoms with Crippen molar-refractivity contribution in [2.24, 2.45) is 0 Å². The van der Waals surface area contributed by atoms with Gasteiger partial charge in [0.1, 0.15) is 17.3 Å². The highest BCUT2D eigenvalue weighted by atomic mass is 35.5. The lowest BCUT2D eigenvalue weighted by Crippen LogP contribution is -2.27. The van der Waals surface area contributed by atoms with Gasteiger partial charge in [-0.2, -0.15) is 0 Å². The van der Waals surface area contributed by atoms with Crippen LogP contribution in [0.25, 0.3) is 17.4 Å². The summed E-state index contributed by atoms with van der Waals surface area (Å²) in [5.41, 5.74) is 1.49.